The van der Waals surface area contributed by atoms with Crippen molar-refractivity contribution in [1.82, 2.24) is 4.98 Å². The Balaban J connectivity index is 2.91. The van der Waals surface area contributed by atoms with Gasteiger partial charge in [0.25, 0.3) is 17.3 Å². The van der Waals surface area contributed by atoms with E-state index in [0.29, 0.717) is 16.7 Å². The first kappa shape index (κ1) is 8.55. The molecule has 0 amide bonds. The maximum absolute atomic E-state index is 11.4. The zero-order chi connectivity index (χ0) is 10.1. The first-order valence-electron chi connectivity index (χ1n) is 4.03. The monoisotopic (exact) mass is 193 g/mol. The number of nitrogens with zero attached hydrogens (tertiary/aromatic N) is 1. The Kier molecular flexibility index (Phi) is 1.85. The van der Waals surface area contributed by atoms with Crippen molar-refractivity contribution >= 4 is 10.9 Å². The van der Waals surface area contributed by atoms with Crippen molar-refractivity contribution in [1.29, 1.82) is 0 Å². The number of ether oxygens (including phenoxy) is 1. The molecule has 0 aromatic carbocycles. The lowest BCUT2D eigenvalue weighted by atomic mass is 10.2. The van der Waals surface area contributed by atoms with Gasteiger partial charge in [-0.1, -0.05) is 0 Å². The molecule has 0 radical (unpaired) electrons. The average molecular weight is 193 g/mol. The Bertz CT molecular complexity index is 533. The van der Waals surface area contributed by atoms with Crippen LogP contribution in [0.15, 0.2) is 29.3 Å². The molecule has 5 heteroatoms. The van der Waals surface area contributed by atoms with Gasteiger partial charge in [0, 0.05) is 23.1 Å². The fourth-order valence-corrected chi connectivity index (χ4v) is 1.30. The highest BCUT2D eigenvalue weighted by Crippen LogP contribution is 2.11. The third kappa shape index (κ3) is 1.19. The number of fused-ring (bicyclic) bond motifs is 1. The minimum atomic E-state index is -0.260. The number of aromatic amines is 1. The molecule has 0 fully saturated rings. The summed E-state index contributed by atoms with van der Waals surface area (Å²) in [6, 6.07) is 3.18. The number of methoxy groups -OCH3 is 1. The predicted molar refractivity (Wildman–Crippen MR) is 48.5 cm³/mol. The van der Waals surface area contributed by atoms with Gasteiger partial charge in [-0.25, -0.2) is 0 Å². The molecule has 0 aliphatic carbocycles. The average Bonchev–Trinajstić information content (AvgIpc) is 2.19. The molecule has 5 nitrogen and oxygen atoms in total. The summed E-state index contributed by atoms with van der Waals surface area (Å²) in [5.74, 6) is 0.428. The van der Waals surface area contributed by atoms with E-state index in [1.807, 2.05) is 0 Å². The van der Waals surface area contributed by atoms with E-state index in [9.17, 15) is 10.0 Å². The van der Waals surface area contributed by atoms with Crippen LogP contribution in [-0.2, 0) is 0 Å². The maximum atomic E-state index is 11.4. The second-order valence-corrected chi connectivity index (χ2v) is 2.83. The molecule has 0 atom stereocenters. The van der Waals surface area contributed by atoms with E-state index >= 15 is 0 Å². The molecule has 2 N–H and O–H groups in total. The van der Waals surface area contributed by atoms with Crippen LogP contribution in [0.5, 0.6) is 5.75 Å². The first-order chi connectivity index (χ1) is 6.72. The molecule has 0 saturated heterocycles. The summed E-state index contributed by atoms with van der Waals surface area (Å²) in [4.78, 5) is 13.9. The molecule has 0 spiro atoms. The first-order valence-corrected chi connectivity index (χ1v) is 4.03. The number of H-pyrrole nitrogens is 1. The van der Waals surface area contributed by atoms with E-state index in [0.717, 1.165) is 4.73 Å². The number of hydrogen-bond donors (Lipinski definition) is 2. The molecule has 0 saturated carbocycles. The van der Waals surface area contributed by atoms with Gasteiger partial charge in [-0.15, -0.1) is 0 Å². The van der Waals surface area contributed by atoms with Crippen LogP contribution < -0.4 is 15.0 Å². The molecule has 0 bridgehead atoms. The van der Waals surface area contributed by atoms with Crippen molar-refractivity contribution in [2.75, 3.05) is 7.11 Å². The SMILES string of the molecule is COc1cc2c(=O)[nH]ccc2[n+](O)c1. The summed E-state index contributed by atoms with van der Waals surface area (Å²) in [7, 11) is 1.47. The van der Waals surface area contributed by atoms with Gasteiger partial charge in [0.15, 0.2) is 5.75 Å². The second kappa shape index (κ2) is 3.02. The van der Waals surface area contributed by atoms with E-state index in [1.165, 1.54) is 19.5 Å². The van der Waals surface area contributed by atoms with Crippen LogP contribution in [0.1, 0.15) is 0 Å². The van der Waals surface area contributed by atoms with Crippen molar-refractivity contribution in [3.8, 4) is 5.75 Å². The summed E-state index contributed by atoms with van der Waals surface area (Å²) < 4.78 is 5.79. The topological polar surface area (TPSA) is 66.2 Å². The summed E-state index contributed by atoms with van der Waals surface area (Å²) in [6.45, 7) is 0. The summed E-state index contributed by atoms with van der Waals surface area (Å²) in [5.41, 5.74) is 0.179. The Morgan fingerprint density at radius 1 is 1.57 bits per heavy atom. The largest absolute Gasteiger partial charge is 0.491 e. The normalized spacial score (nSPS) is 10.4. The number of pyridine rings is 2. The molecule has 2 rings (SSSR count). The minimum Gasteiger partial charge on any atom is -0.491 e. The predicted octanol–water partition coefficient (Wildman–Crippen LogP) is 0.0615. The van der Waals surface area contributed by atoms with E-state index in [-0.39, 0.29) is 5.56 Å². The third-order valence-electron chi connectivity index (χ3n) is 1.99. The van der Waals surface area contributed by atoms with Gasteiger partial charge in [-0.2, -0.15) is 0 Å². The van der Waals surface area contributed by atoms with Gasteiger partial charge in [0.1, 0.15) is 5.39 Å². The van der Waals surface area contributed by atoms with Gasteiger partial charge in [0.05, 0.1) is 7.11 Å². The second-order valence-electron chi connectivity index (χ2n) is 2.83. The van der Waals surface area contributed by atoms with Crippen LogP contribution in [0.4, 0.5) is 0 Å². The summed E-state index contributed by atoms with van der Waals surface area (Å²) in [5, 5.41) is 9.88. The van der Waals surface area contributed by atoms with Crippen LogP contribution in [0.3, 0.4) is 0 Å². The lowest BCUT2D eigenvalue weighted by Gasteiger charge is -1.97. The van der Waals surface area contributed by atoms with E-state index in [2.05, 4.69) is 4.98 Å². The number of aromatic nitrogens is 2. The van der Waals surface area contributed by atoms with Crippen molar-refractivity contribution in [3.05, 3.63) is 34.9 Å². The lowest BCUT2D eigenvalue weighted by molar-refractivity contribution is -0.884. The van der Waals surface area contributed by atoms with Crippen molar-refractivity contribution < 1.29 is 14.7 Å². The Morgan fingerprint density at radius 3 is 3.07 bits per heavy atom. The van der Waals surface area contributed by atoms with Gasteiger partial charge in [-0.3, -0.25) is 10.0 Å². The van der Waals surface area contributed by atoms with E-state index in [1.54, 1.807) is 12.1 Å². The number of rotatable bonds is 1. The standard InChI is InChI=1S/C9H8N2O3/c1-14-6-4-7-8(11(13)5-6)2-3-10-9(7)12/h2-5,13H,1H3/p+1. The highest BCUT2D eigenvalue weighted by molar-refractivity contribution is 5.74. The van der Waals surface area contributed by atoms with Gasteiger partial charge >= 0.3 is 0 Å². The molecule has 2 heterocycles. The third-order valence-corrected chi connectivity index (χ3v) is 1.99. The van der Waals surface area contributed by atoms with Gasteiger partial charge in [-0.05, 0) is 0 Å². The fourth-order valence-electron chi connectivity index (χ4n) is 1.30. The van der Waals surface area contributed by atoms with Crippen LogP contribution >= 0.6 is 0 Å². The van der Waals surface area contributed by atoms with Crippen LogP contribution in [0, 0.1) is 0 Å². The summed E-state index contributed by atoms with van der Waals surface area (Å²) in [6.07, 6.45) is 2.87. The van der Waals surface area contributed by atoms with Crippen molar-refractivity contribution in [2.45, 2.75) is 0 Å². The number of hydrogen-bond acceptors (Lipinski definition) is 3. The molecular weight excluding hydrogens is 184 g/mol. The Labute approximate surface area is 79.2 Å². The van der Waals surface area contributed by atoms with Crippen LogP contribution in [0.25, 0.3) is 10.9 Å². The highest BCUT2D eigenvalue weighted by Gasteiger charge is 2.13. The molecule has 0 aliphatic rings. The summed E-state index contributed by atoms with van der Waals surface area (Å²) >= 11 is 0. The zero-order valence-corrected chi connectivity index (χ0v) is 7.52. The van der Waals surface area contributed by atoms with Crippen molar-refractivity contribution in [2.24, 2.45) is 0 Å². The Morgan fingerprint density at radius 2 is 2.36 bits per heavy atom. The molecule has 0 unspecified atom stereocenters. The number of nitrogens with one attached hydrogen (secondary N) is 1. The molecular formula is C9H9N2O3+. The lowest BCUT2D eigenvalue weighted by Crippen LogP contribution is -2.31. The van der Waals surface area contributed by atoms with Gasteiger partial charge < -0.3 is 9.72 Å². The molecule has 72 valence electrons. The van der Waals surface area contributed by atoms with E-state index in [4.69, 9.17) is 4.74 Å². The van der Waals surface area contributed by atoms with Crippen LogP contribution in [-0.4, -0.2) is 17.3 Å². The molecule has 2 aromatic rings. The van der Waals surface area contributed by atoms with E-state index < -0.39 is 0 Å². The molecule has 2 aromatic heterocycles. The van der Waals surface area contributed by atoms with Crippen LogP contribution in [0.2, 0.25) is 0 Å². The zero-order valence-electron chi connectivity index (χ0n) is 7.52. The maximum Gasteiger partial charge on any atom is 0.271 e. The smallest absolute Gasteiger partial charge is 0.271 e. The fraction of sp³-hybridized carbons (Fsp3) is 0.111. The molecule has 14 heavy (non-hydrogen) atoms. The Hall–Kier alpha value is -2.04. The van der Waals surface area contributed by atoms with Gasteiger partial charge in [0.2, 0.25) is 0 Å². The van der Waals surface area contributed by atoms with Crippen molar-refractivity contribution in [3.63, 3.8) is 0 Å². The quantitative estimate of drug-likeness (QED) is 0.497. The highest BCUT2D eigenvalue weighted by atomic mass is 16.5. The minimum absolute atomic E-state index is 0.260. The molecule has 0 aliphatic heterocycles.